The molecule has 38 heteroatoms. The van der Waals surface area contributed by atoms with Crippen molar-refractivity contribution in [3.63, 3.8) is 0 Å². The van der Waals surface area contributed by atoms with Crippen molar-refractivity contribution in [2.24, 2.45) is 46.4 Å². The number of aryl methyl sites for hydroxylation is 1. The smallest absolute Gasteiger partial charge is 0.342 e. The third kappa shape index (κ3) is 32.0. The highest BCUT2D eigenvalue weighted by atomic mass is 35.5. The number of ketones is 2. The Balaban J connectivity index is 0.000000235. The number of phenols is 4. The molecule has 1 saturated carbocycles. The normalized spacial score (nSPS) is 26.8. The molecule has 0 radical (unpaired) electrons. The molecule has 2 fully saturated rings. The van der Waals surface area contributed by atoms with Gasteiger partial charge in [0.25, 0.3) is 18.3 Å². The van der Waals surface area contributed by atoms with Crippen LogP contribution in [-0.4, -0.2) is 256 Å². The molecule has 15 atom stereocenters. The lowest BCUT2D eigenvalue weighted by Crippen LogP contribution is -2.38. The largest absolute Gasteiger partial charge is 0.507 e. The fraction of sp³-hybridized carbons (Fsp3) is 0.476. The van der Waals surface area contributed by atoms with E-state index >= 15 is 0 Å². The lowest BCUT2D eigenvalue weighted by atomic mass is 9.85. The third-order valence-corrected chi connectivity index (χ3v) is 25.5. The number of fused-ring (bicyclic) bond motifs is 7. The SMILES string of the molecule is C=CCNc1c(O)cc2c(O)c1C[C@@H](C)C[C@H](OC)[C@H](O)[C@@H](C)/C=C(\C)[C@H](OC(=C)N)[C@@H](OC)/C=C\C=C(/C)C(=O)N2.CO[C@H]1/C=C\C=C(/C)C(=O)NC2=CC(=O)C(NCCN(C)C)=C(C[C@@H](C)C[C@H](OC)[C@H](O)[C@@H](C)/C=C(\C)[C@@H]1OC=O)C2=O.COc1c(C)cnc(Cn2cnc3c(Cl)nc(N)nc32)c1C.C[C@@H]1C[C@@H]2C[C@H]2\C=C/C=C/C(=N\OCCN2CCCC2=O)Cc2c(Cl)c(O)cc(O)c2C(=O)O1. The molecule has 3 aromatic heterocycles. The topological polar surface area (TPSA) is 499 Å². The number of imidazole rings is 1. The van der Waals surface area contributed by atoms with Crippen LogP contribution >= 0.6 is 23.2 Å². The molecule has 2 aromatic carbocycles. The van der Waals surface area contributed by atoms with Crippen molar-refractivity contribution in [1.29, 1.82) is 0 Å². The molecule has 4 aliphatic heterocycles. The van der Waals surface area contributed by atoms with Gasteiger partial charge in [-0.2, -0.15) is 9.97 Å². The number of carbonyl (C=O) groups excluding carboxylic acids is 7. The van der Waals surface area contributed by atoms with Crippen molar-refractivity contribution < 1.29 is 107 Å². The van der Waals surface area contributed by atoms with E-state index in [0.717, 1.165) is 59.5 Å². The molecule has 141 heavy (non-hydrogen) atoms. The molecule has 5 aromatic rings. The predicted molar refractivity (Wildman–Crippen MR) is 540 cm³/mol. The first-order valence-electron chi connectivity index (χ1n) is 46.6. The number of benzene rings is 2. The van der Waals surface area contributed by atoms with Crippen molar-refractivity contribution in [2.45, 2.75) is 195 Å². The zero-order valence-corrected chi connectivity index (χ0v) is 85.1. The average Bonchev–Trinajstić information content (AvgIpc) is 1.10. The molecule has 7 heterocycles. The second-order valence-corrected chi connectivity index (χ2v) is 37.0. The molecule has 36 nitrogen and oxygen atoms in total. The maximum absolute atomic E-state index is 13.7. The van der Waals surface area contributed by atoms with Gasteiger partial charge in [-0.05, 0) is 161 Å². The predicted octanol–water partition coefficient (Wildman–Crippen LogP) is 12.6. The van der Waals surface area contributed by atoms with E-state index in [0.29, 0.717) is 123 Å². The molecule has 2 aliphatic carbocycles. The van der Waals surface area contributed by atoms with Gasteiger partial charge in [0, 0.05) is 137 Å². The number of esters is 1. The van der Waals surface area contributed by atoms with Gasteiger partial charge in [-0.1, -0.05) is 129 Å². The molecule has 11 rings (SSSR count). The minimum absolute atomic E-state index is 0.0104. The van der Waals surface area contributed by atoms with Crippen LogP contribution in [0.15, 0.2) is 173 Å². The number of carbonyl (C=O) groups is 7. The number of Topliss-reactive ketones (excluding diaryl/α,β-unsaturated/α-hetero) is 1. The number of aliphatic hydroxyl groups is 2. The summed E-state index contributed by atoms with van der Waals surface area (Å²) in [6, 6.07) is 2.34. The van der Waals surface area contributed by atoms with E-state index in [-0.39, 0.29) is 128 Å². The number of cyclic esters (lactones) is 1. The van der Waals surface area contributed by atoms with Gasteiger partial charge in [-0.15, -0.1) is 6.58 Å². The van der Waals surface area contributed by atoms with Crippen LogP contribution in [0.25, 0.3) is 11.2 Å². The maximum atomic E-state index is 13.7. The fourth-order valence-electron chi connectivity index (χ4n) is 17.1. The van der Waals surface area contributed by atoms with Gasteiger partial charge in [0.05, 0.1) is 96.2 Å². The van der Waals surface area contributed by atoms with E-state index in [9.17, 15) is 64.2 Å². The Morgan fingerprint density at radius 2 is 1.39 bits per heavy atom. The van der Waals surface area contributed by atoms with Crippen LogP contribution in [0.3, 0.4) is 0 Å². The van der Waals surface area contributed by atoms with E-state index in [2.05, 4.69) is 65.6 Å². The zero-order chi connectivity index (χ0) is 104. The first-order chi connectivity index (χ1) is 67.0. The maximum Gasteiger partial charge on any atom is 0.342 e. The van der Waals surface area contributed by atoms with Crippen LogP contribution in [0, 0.1) is 49.4 Å². The van der Waals surface area contributed by atoms with Crippen molar-refractivity contribution in [3.05, 3.63) is 212 Å². The number of aromatic hydroxyl groups is 4. The Morgan fingerprint density at radius 3 is 1.99 bits per heavy atom. The number of rotatable bonds is 22. The number of nitrogen functional groups attached to an aromatic ring is 1. The molecule has 14 N–H and O–H groups in total. The molecule has 1 saturated heterocycles. The number of nitrogens with two attached hydrogens (primary N) is 2. The summed E-state index contributed by atoms with van der Waals surface area (Å²) >= 11 is 12.4. The number of methoxy groups -OCH3 is 5. The van der Waals surface area contributed by atoms with Crippen molar-refractivity contribution in [1.82, 2.24) is 44.9 Å². The lowest BCUT2D eigenvalue weighted by Gasteiger charge is -2.30. The number of pyridine rings is 1. The minimum atomic E-state index is -0.923. The number of halogens is 2. The summed E-state index contributed by atoms with van der Waals surface area (Å²) in [5.41, 5.74) is 19.2. The highest BCUT2D eigenvalue weighted by Gasteiger charge is 2.39. The van der Waals surface area contributed by atoms with Crippen LogP contribution in [0.4, 0.5) is 17.3 Å². The monoisotopic (exact) mass is 1990 g/mol. The Bertz CT molecular complexity index is 5660. The Hall–Kier alpha value is -12.5. The average molecular weight is 2000 g/mol. The number of anilines is 3. The van der Waals surface area contributed by atoms with Gasteiger partial charge < -0.3 is 120 Å². The number of aromatic nitrogens is 5. The summed E-state index contributed by atoms with van der Waals surface area (Å²) in [6.07, 6.45) is 25.9. The van der Waals surface area contributed by atoms with Crippen molar-refractivity contribution >= 4 is 99.1 Å². The highest BCUT2D eigenvalue weighted by Crippen LogP contribution is 2.46. The number of aliphatic hydroxyl groups excluding tert-OH is 2. The standard InChI is InChI=1S/C32H47N3O8.C32H47N3O7.C25H29ClN2O6.C14H15ClN6O/c1-19-14-23-28(33-12-13-35(5)6)25(37)17-24(30(23)39)34-32(40)20(2)10-9-11-26(41-7)31(43-18-36)22(4)16-21(3)29(38)27(15-19)42-8;1-9-13-34-28-23-14-18(2)15-27(41-8)29(37)20(4)16-21(5)31(42-22(6)33)26(40-7)12-10-11-19(3)32(39)35-24(30(23)38)17-25(28)36;1-15-11-17-12-16(17)5-2-3-6-18(27-33-10-9-28-8-4-7-22(28)31)13-19-23(25(32)34-15)20(29)14-21(30)24(19)26;1-7-4-17-9(8(2)11(7)22-3)5-21-6-18-10-12(15)19-14(16)20-13(10)21/h9-11,16-19,21,26-27,29,31,33,38H,12-15H2,1-8H3,(H,34,40);9-12,16-18,20,26-27,29,31,34,36-38H,1,6,13-15,33H2,2-5,7-8H3,(H,35,39);2-3,5-6,14-17,29-30H,4,7-13H2,1H3;4,6H,5H2,1-3H3,(H2,16,19,20)/b11-9-,20-10+,22-16+;12-10-,19-11+,21-16+;5-2-,6-3+,27-18+;/t19-,21+,26+,27+,29-,31+;18-,20+,26+,27+,29-,31+;15-,16-,17-;/m111./s1. The van der Waals surface area contributed by atoms with Crippen molar-refractivity contribution in [2.75, 3.05) is 105 Å². The number of likely N-dealkylation sites (N-methyl/N-ethyl adjacent to an activating group) is 1. The van der Waals surface area contributed by atoms with E-state index in [1.165, 1.54) is 33.5 Å². The molecule has 6 aliphatic rings. The molecule has 0 spiro atoms. The van der Waals surface area contributed by atoms with Crippen LogP contribution in [0.2, 0.25) is 10.2 Å². The summed E-state index contributed by atoms with van der Waals surface area (Å²) in [5.74, 6) is -2.68. The molecular weight excluding hydrogens is 1860 g/mol. The van der Waals surface area contributed by atoms with Gasteiger partial charge in [0.1, 0.15) is 58.6 Å². The Kier molecular flexibility index (Phi) is 44.0. The van der Waals surface area contributed by atoms with E-state index in [1.54, 1.807) is 94.9 Å². The number of hydrogen-bond donors (Lipinski definition) is 12. The second kappa shape index (κ2) is 54.5. The molecule has 4 bridgehead atoms. The number of likely N-dealkylation sites (tertiary alicyclic amines) is 1. The Morgan fingerprint density at radius 1 is 0.759 bits per heavy atom. The van der Waals surface area contributed by atoms with Gasteiger partial charge in [-0.25, -0.2) is 9.78 Å². The quantitative estimate of drug-likeness (QED) is 0.00292. The number of ether oxygens (including phenoxy) is 8. The van der Waals surface area contributed by atoms with E-state index < -0.39 is 89.8 Å². The number of oxime groups is 1. The number of hydrogen-bond acceptors (Lipinski definition) is 32. The first kappa shape index (κ1) is 114. The molecule has 0 unspecified atom stereocenters. The van der Waals surface area contributed by atoms with Gasteiger partial charge in [-0.3, -0.25) is 33.8 Å². The number of allylic oxidation sites excluding steroid dienone is 10. The summed E-state index contributed by atoms with van der Waals surface area (Å²) in [6.45, 7) is 31.2. The lowest BCUT2D eigenvalue weighted by molar-refractivity contribution is -0.136. The number of nitrogens with zero attached hydrogens (tertiary/aromatic N) is 8. The fourth-order valence-corrected chi connectivity index (χ4v) is 17.5. The Labute approximate surface area is 834 Å². The number of amides is 3. The second-order valence-electron chi connectivity index (χ2n) is 36.2. The van der Waals surface area contributed by atoms with Crippen molar-refractivity contribution in [3.8, 4) is 28.7 Å². The van der Waals surface area contributed by atoms with Gasteiger partial charge >= 0.3 is 5.97 Å². The van der Waals surface area contributed by atoms with Crippen LogP contribution in [0.5, 0.6) is 28.7 Å². The van der Waals surface area contributed by atoms with Crippen LogP contribution in [0.1, 0.15) is 146 Å². The minimum Gasteiger partial charge on any atom is -0.507 e. The molecule has 3 amide bonds. The molecular formula is C103H138Cl2N14O22. The van der Waals surface area contributed by atoms with Gasteiger partial charge in [0.15, 0.2) is 28.9 Å². The number of phenolic OH excluding ortho intramolecular Hbond substituents is 4. The third-order valence-electron chi connectivity index (χ3n) is 24.8. The summed E-state index contributed by atoms with van der Waals surface area (Å²) in [4.78, 5) is 115. The molecule has 766 valence electrons. The zero-order valence-electron chi connectivity index (χ0n) is 83.6. The van der Waals surface area contributed by atoms with E-state index in [4.69, 9.17) is 77.4 Å². The summed E-state index contributed by atoms with van der Waals surface area (Å²) < 4.78 is 46.7. The van der Waals surface area contributed by atoms with Crippen LogP contribution < -0.4 is 37.5 Å². The van der Waals surface area contributed by atoms with Crippen LogP contribution in [-0.2, 0) is 86.1 Å². The number of nitrogens with one attached hydrogen (secondary N) is 4. The summed E-state index contributed by atoms with van der Waals surface area (Å²) in [5, 5.41) is 81.2. The highest BCUT2D eigenvalue weighted by molar-refractivity contribution is 6.34. The first-order valence-corrected chi connectivity index (χ1v) is 47.4. The van der Waals surface area contributed by atoms with E-state index in [1.807, 2.05) is 103 Å². The summed E-state index contributed by atoms with van der Waals surface area (Å²) in [7, 11) is 11.5. The van der Waals surface area contributed by atoms with Gasteiger partial charge in [0.2, 0.25) is 23.4 Å².